The molecule has 30 heavy (non-hydrogen) atoms. The first-order valence-electron chi connectivity index (χ1n) is 9.91. The Morgan fingerprint density at radius 2 is 1.30 bits per heavy atom. The summed E-state index contributed by atoms with van der Waals surface area (Å²) in [6, 6.07) is 22.2. The molecule has 3 N–H and O–H groups in total. The second-order valence-electron chi connectivity index (χ2n) is 7.04. The van der Waals surface area contributed by atoms with Crippen LogP contribution in [0.3, 0.4) is 0 Å². The van der Waals surface area contributed by atoms with E-state index in [0.29, 0.717) is 10.0 Å². The van der Waals surface area contributed by atoms with Gasteiger partial charge in [0.1, 0.15) is 0 Å². The highest BCUT2D eigenvalue weighted by Crippen LogP contribution is 2.35. The fraction of sp³-hybridized carbons (Fsp3) is 0.167. The summed E-state index contributed by atoms with van der Waals surface area (Å²) in [5.41, 5.74) is 1.99. The molecule has 0 bridgehead atoms. The molecule has 0 amide bonds. The summed E-state index contributed by atoms with van der Waals surface area (Å²) >= 11 is 17.4. The maximum absolute atomic E-state index is 6.41. The van der Waals surface area contributed by atoms with Crippen LogP contribution in [0, 0.1) is 0 Å². The lowest BCUT2D eigenvalue weighted by Gasteiger charge is -2.14. The Morgan fingerprint density at radius 3 is 2.10 bits per heavy atom. The van der Waals surface area contributed by atoms with Gasteiger partial charge in [0.25, 0.3) is 0 Å². The fourth-order valence-corrected chi connectivity index (χ4v) is 4.47. The van der Waals surface area contributed by atoms with Crippen LogP contribution >= 0.6 is 35.8 Å². The number of anilines is 2. The molecule has 4 aromatic rings. The zero-order valence-electron chi connectivity index (χ0n) is 16.4. The summed E-state index contributed by atoms with van der Waals surface area (Å²) in [6.07, 6.45) is 0. The van der Waals surface area contributed by atoms with Crippen molar-refractivity contribution in [3.8, 4) is 0 Å². The van der Waals surface area contributed by atoms with Gasteiger partial charge in [0.05, 0.1) is 15.7 Å². The Labute approximate surface area is 192 Å². The zero-order chi connectivity index (χ0) is 20.9. The van der Waals surface area contributed by atoms with Gasteiger partial charge in [-0.3, -0.25) is 0 Å². The van der Waals surface area contributed by atoms with Crippen LogP contribution < -0.4 is 16.0 Å². The molecule has 0 aliphatic carbocycles. The lowest BCUT2D eigenvalue weighted by atomic mass is 10.1. The standard InChI is InChI=1S/C24H23Cl2N3S/c25-18-7-1-4-17-10-11-19(26)24(22(17)18)29-15-13-27-12-14-28-20-8-2-5-16-6-3-9-21(30)23(16)20/h1-11,27-30H,12-15H2. The normalized spacial score (nSPS) is 11.2. The molecule has 0 fully saturated rings. The van der Waals surface area contributed by atoms with Crippen molar-refractivity contribution in [1.82, 2.24) is 5.32 Å². The van der Waals surface area contributed by atoms with Crippen LogP contribution in [-0.4, -0.2) is 26.2 Å². The average molecular weight is 456 g/mol. The van der Waals surface area contributed by atoms with E-state index >= 15 is 0 Å². The summed E-state index contributed by atoms with van der Waals surface area (Å²) < 4.78 is 0. The fourth-order valence-electron chi connectivity index (χ4n) is 3.64. The third-order valence-electron chi connectivity index (χ3n) is 5.05. The second-order valence-corrected chi connectivity index (χ2v) is 8.34. The highest BCUT2D eigenvalue weighted by molar-refractivity contribution is 7.80. The van der Waals surface area contributed by atoms with Crippen LogP contribution in [0.5, 0.6) is 0 Å². The molecule has 0 aromatic heterocycles. The van der Waals surface area contributed by atoms with Gasteiger partial charge in [-0.1, -0.05) is 65.7 Å². The van der Waals surface area contributed by atoms with Crippen LogP contribution in [-0.2, 0) is 0 Å². The minimum Gasteiger partial charge on any atom is -0.383 e. The number of nitrogens with one attached hydrogen (secondary N) is 3. The van der Waals surface area contributed by atoms with Crippen molar-refractivity contribution in [3.05, 3.63) is 76.8 Å². The smallest absolute Gasteiger partial charge is 0.0644 e. The van der Waals surface area contributed by atoms with Crippen LogP contribution in [0.25, 0.3) is 21.5 Å². The van der Waals surface area contributed by atoms with Crippen molar-refractivity contribution in [3.63, 3.8) is 0 Å². The van der Waals surface area contributed by atoms with Crippen LogP contribution in [0.2, 0.25) is 10.0 Å². The van der Waals surface area contributed by atoms with Crippen molar-refractivity contribution >= 4 is 68.8 Å². The van der Waals surface area contributed by atoms with E-state index in [4.69, 9.17) is 23.2 Å². The number of halogens is 2. The van der Waals surface area contributed by atoms with Crippen LogP contribution in [0.4, 0.5) is 11.4 Å². The first-order chi connectivity index (χ1) is 14.6. The van der Waals surface area contributed by atoms with E-state index in [1.54, 1.807) is 0 Å². The summed E-state index contributed by atoms with van der Waals surface area (Å²) in [5.74, 6) is 0. The Balaban J connectivity index is 1.28. The molecule has 0 saturated carbocycles. The molecule has 3 nitrogen and oxygen atoms in total. The molecule has 4 aromatic carbocycles. The van der Waals surface area contributed by atoms with Gasteiger partial charge in [-0.2, -0.15) is 0 Å². The van der Waals surface area contributed by atoms with Crippen molar-refractivity contribution in [1.29, 1.82) is 0 Å². The van der Waals surface area contributed by atoms with Gasteiger partial charge < -0.3 is 16.0 Å². The molecular weight excluding hydrogens is 433 g/mol. The van der Waals surface area contributed by atoms with Gasteiger partial charge in [0.2, 0.25) is 0 Å². The van der Waals surface area contributed by atoms with Crippen molar-refractivity contribution in [2.75, 3.05) is 36.8 Å². The molecule has 0 aliphatic heterocycles. The highest BCUT2D eigenvalue weighted by atomic mass is 35.5. The largest absolute Gasteiger partial charge is 0.383 e. The molecule has 6 heteroatoms. The molecule has 0 spiro atoms. The maximum atomic E-state index is 6.41. The molecule has 0 aliphatic rings. The number of benzene rings is 4. The van der Waals surface area contributed by atoms with E-state index in [9.17, 15) is 0 Å². The Kier molecular flexibility index (Phi) is 6.90. The Bertz CT molecular complexity index is 1170. The summed E-state index contributed by atoms with van der Waals surface area (Å²) in [6.45, 7) is 3.23. The van der Waals surface area contributed by atoms with E-state index in [2.05, 4.69) is 52.8 Å². The highest BCUT2D eigenvalue weighted by Gasteiger charge is 2.09. The molecule has 0 saturated heterocycles. The zero-order valence-corrected chi connectivity index (χ0v) is 18.8. The Hall–Kier alpha value is -2.11. The molecule has 0 atom stereocenters. The van der Waals surface area contributed by atoms with E-state index in [1.165, 1.54) is 5.39 Å². The van der Waals surface area contributed by atoms with Crippen molar-refractivity contribution in [2.24, 2.45) is 0 Å². The average Bonchev–Trinajstić information content (AvgIpc) is 2.75. The monoisotopic (exact) mass is 455 g/mol. The molecule has 154 valence electrons. The predicted molar refractivity (Wildman–Crippen MR) is 135 cm³/mol. The molecule has 0 unspecified atom stereocenters. The SMILES string of the molecule is Sc1cccc2cccc(NCCNCCNc3c(Cl)ccc4cccc(Cl)c34)c12. The topological polar surface area (TPSA) is 36.1 Å². The van der Waals surface area contributed by atoms with Crippen LogP contribution in [0.15, 0.2) is 71.6 Å². The lowest BCUT2D eigenvalue weighted by molar-refractivity contribution is 0.719. The lowest BCUT2D eigenvalue weighted by Crippen LogP contribution is -2.27. The van der Waals surface area contributed by atoms with Gasteiger partial charge in [0.15, 0.2) is 0 Å². The van der Waals surface area contributed by atoms with E-state index in [-0.39, 0.29) is 0 Å². The predicted octanol–water partition coefficient (Wildman–Crippen LogP) is 6.70. The quantitative estimate of drug-likeness (QED) is 0.176. The van der Waals surface area contributed by atoms with Crippen molar-refractivity contribution in [2.45, 2.75) is 4.90 Å². The summed E-state index contributed by atoms with van der Waals surface area (Å²) in [7, 11) is 0. The molecule has 0 radical (unpaired) electrons. The number of fused-ring (bicyclic) bond motifs is 2. The minimum atomic E-state index is 0.677. The van der Waals surface area contributed by atoms with Crippen LogP contribution in [0.1, 0.15) is 0 Å². The van der Waals surface area contributed by atoms with Gasteiger partial charge in [-0.05, 0) is 35.0 Å². The molecular formula is C24H23Cl2N3S. The van der Waals surface area contributed by atoms with Gasteiger partial charge in [-0.25, -0.2) is 0 Å². The van der Waals surface area contributed by atoms with E-state index < -0.39 is 0 Å². The summed E-state index contributed by atoms with van der Waals surface area (Å²) in [5, 5.41) is 16.2. The minimum absolute atomic E-state index is 0.677. The van der Waals surface area contributed by atoms with Gasteiger partial charge in [-0.15, -0.1) is 12.6 Å². The van der Waals surface area contributed by atoms with E-state index in [1.807, 2.05) is 42.5 Å². The van der Waals surface area contributed by atoms with Gasteiger partial charge >= 0.3 is 0 Å². The molecule has 4 rings (SSSR count). The number of hydrogen-bond donors (Lipinski definition) is 4. The summed E-state index contributed by atoms with van der Waals surface area (Å²) in [4.78, 5) is 0.985. The second kappa shape index (κ2) is 9.80. The Morgan fingerprint density at radius 1 is 0.633 bits per heavy atom. The first kappa shape index (κ1) is 21.1. The van der Waals surface area contributed by atoms with E-state index in [0.717, 1.165) is 58.6 Å². The van der Waals surface area contributed by atoms with Crippen molar-refractivity contribution < 1.29 is 0 Å². The number of thiol groups is 1. The number of hydrogen-bond acceptors (Lipinski definition) is 4. The number of rotatable bonds is 8. The molecule has 0 heterocycles. The third-order valence-corrected chi connectivity index (χ3v) is 6.05. The third kappa shape index (κ3) is 4.62. The maximum Gasteiger partial charge on any atom is 0.0644 e. The van der Waals surface area contributed by atoms with Gasteiger partial charge in [0, 0.05) is 47.5 Å². The first-order valence-corrected chi connectivity index (χ1v) is 11.1.